The number of hydrogen-bond donors (Lipinski definition) is 0. The molecule has 17 heavy (non-hydrogen) atoms. The van der Waals surface area contributed by atoms with Crippen LogP contribution in [-0.2, 0) is 5.88 Å². The van der Waals surface area contributed by atoms with E-state index in [-0.39, 0.29) is 17.1 Å². The quantitative estimate of drug-likeness (QED) is 0.481. The predicted octanol–water partition coefficient (Wildman–Crippen LogP) is 2.94. The lowest BCUT2D eigenvalue weighted by molar-refractivity contribution is -0.389. The molecule has 0 bridgehead atoms. The molecule has 0 aromatic carbocycles. The molecule has 9 heteroatoms. The van der Waals surface area contributed by atoms with Gasteiger partial charge in [0.15, 0.2) is 0 Å². The van der Waals surface area contributed by atoms with E-state index in [0.717, 1.165) is 0 Å². The Hall–Kier alpha value is -1.57. The lowest BCUT2D eigenvalue weighted by atomic mass is 10.2. The SMILES string of the molecule is Cc1cc(CCl)nc(OC(F)(F)F)c1[N+](=O)[O-]. The predicted molar refractivity (Wildman–Crippen MR) is 51.9 cm³/mol. The van der Waals surface area contributed by atoms with Gasteiger partial charge in [-0.1, -0.05) is 0 Å². The Morgan fingerprint density at radius 2 is 2.18 bits per heavy atom. The highest BCUT2D eigenvalue weighted by Crippen LogP contribution is 2.33. The second-order valence-electron chi connectivity index (χ2n) is 3.02. The van der Waals surface area contributed by atoms with Crippen LogP contribution < -0.4 is 4.74 Å². The van der Waals surface area contributed by atoms with Crippen molar-refractivity contribution in [1.29, 1.82) is 0 Å². The summed E-state index contributed by atoms with van der Waals surface area (Å²) in [6, 6.07) is 1.23. The van der Waals surface area contributed by atoms with Crippen molar-refractivity contribution in [3.8, 4) is 5.88 Å². The van der Waals surface area contributed by atoms with E-state index in [2.05, 4.69) is 9.72 Å². The Balaban J connectivity index is 3.32. The summed E-state index contributed by atoms with van der Waals surface area (Å²) in [5.41, 5.74) is -0.759. The first-order chi connectivity index (χ1) is 7.74. The normalized spacial score (nSPS) is 11.4. The molecule has 1 aromatic rings. The molecule has 0 amide bonds. The topological polar surface area (TPSA) is 65.3 Å². The first-order valence-corrected chi connectivity index (χ1v) is 4.74. The maximum absolute atomic E-state index is 12.0. The van der Waals surface area contributed by atoms with E-state index < -0.39 is 22.9 Å². The van der Waals surface area contributed by atoms with Gasteiger partial charge in [0.2, 0.25) is 0 Å². The molecule has 1 aromatic heterocycles. The van der Waals surface area contributed by atoms with Crippen LogP contribution in [0.3, 0.4) is 0 Å². The van der Waals surface area contributed by atoms with Gasteiger partial charge in [-0.3, -0.25) is 10.1 Å². The summed E-state index contributed by atoms with van der Waals surface area (Å²) in [4.78, 5) is 13.0. The summed E-state index contributed by atoms with van der Waals surface area (Å²) in [5, 5.41) is 10.6. The van der Waals surface area contributed by atoms with E-state index in [9.17, 15) is 23.3 Å². The highest BCUT2D eigenvalue weighted by Gasteiger charge is 2.36. The number of nitrogens with zero attached hydrogens (tertiary/aromatic N) is 2. The maximum Gasteiger partial charge on any atom is 0.574 e. The van der Waals surface area contributed by atoms with Crippen LogP contribution in [0.1, 0.15) is 11.3 Å². The Morgan fingerprint density at radius 3 is 2.59 bits per heavy atom. The number of nitro groups is 1. The van der Waals surface area contributed by atoms with Gasteiger partial charge in [0.05, 0.1) is 16.5 Å². The number of aryl methyl sites for hydroxylation is 1. The minimum Gasteiger partial charge on any atom is -0.381 e. The van der Waals surface area contributed by atoms with Gasteiger partial charge >= 0.3 is 17.9 Å². The summed E-state index contributed by atoms with van der Waals surface area (Å²) in [6.45, 7) is 1.28. The van der Waals surface area contributed by atoms with Crippen molar-refractivity contribution in [2.45, 2.75) is 19.2 Å². The molecule has 94 valence electrons. The van der Waals surface area contributed by atoms with Crippen LogP contribution in [0.15, 0.2) is 6.07 Å². The van der Waals surface area contributed by atoms with Gasteiger partial charge in [-0.05, 0) is 13.0 Å². The van der Waals surface area contributed by atoms with Crippen molar-refractivity contribution in [2.75, 3.05) is 0 Å². The van der Waals surface area contributed by atoms with Crippen LogP contribution in [0.25, 0.3) is 0 Å². The van der Waals surface area contributed by atoms with Gasteiger partial charge in [-0.25, -0.2) is 4.98 Å². The summed E-state index contributed by atoms with van der Waals surface area (Å²) in [7, 11) is 0. The maximum atomic E-state index is 12.0. The van der Waals surface area contributed by atoms with Crippen LogP contribution in [0.4, 0.5) is 18.9 Å². The summed E-state index contributed by atoms with van der Waals surface area (Å²) in [6.07, 6.45) is -5.05. The lowest BCUT2D eigenvalue weighted by Gasteiger charge is -2.10. The van der Waals surface area contributed by atoms with Crippen molar-refractivity contribution in [2.24, 2.45) is 0 Å². The highest BCUT2D eigenvalue weighted by molar-refractivity contribution is 6.16. The highest BCUT2D eigenvalue weighted by atomic mass is 35.5. The average molecular weight is 271 g/mol. The van der Waals surface area contributed by atoms with E-state index in [1.807, 2.05) is 0 Å². The van der Waals surface area contributed by atoms with Crippen LogP contribution in [0.5, 0.6) is 5.88 Å². The third-order valence-electron chi connectivity index (χ3n) is 1.74. The fraction of sp³-hybridized carbons (Fsp3) is 0.375. The Labute approximate surface area is 98.3 Å². The fourth-order valence-electron chi connectivity index (χ4n) is 1.17. The number of alkyl halides is 4. The second-order valence-corrected chi connectivity index (χ2v) is 3.29. The van der Waals surface area contributed by atoms with Crippen molar-refractivity contribution < 1.29 is 22.8 Å². The largest absolute Gasteiger partial charge is 0.574 e. The van der Waals surface area contributed by atoms with E-state index in [4.69, 9.17) is 11.6 Å². The molecule has 0 saturated carbocycles. The number of pyridine rings is 1. The minimum absolute atomic E-state index is 0.0000926. The number of rotatable bonds is 3. The summed E-state index contributed by atoms with van der Waals surface area (Å²) < 4.78 is 39.6. The molecule has 0 fully saturated rings. The molecule has 0 aliphatic carbocycles. The van der Waals surface area contributed by atoms with E-state index in [1.54, 1.807) is 0 Å². The Bertz CT molecular complexity index is 450. The van der Waals surface area contributed by atoms with Crippen molar-refractivity contribution >= 4 is 17.3 Å². The average Bonchev–Trinajstić information content (AvgIpc) is 2.13. The summed E-state index contributed by atoms with van der Waals surface area (Å²) >= 11 is 5.40. The first kappa shape index (κ1) is 13.5. The van der Waals surface area contributed by atoms with Gasteiger partial charge in [-0.15, -0.1) is 24.8 Å². The smallest absolute Gasteiger partial charge is 0.381 e. The van der Waals surface area contributed by atoms with Crippen LogP contribution in [-0.4, -0.2) is 16.3 Å². The first-order valence-electron chi connectivity index (χ1n) is 4.21. The number of halogens is 4. The monoisotopic (exact) mass is 270 g/mol. The zero-order valence-electron chi connectivity index (χ0n) is 8.42. The fourth-order valence-corrected chi connectivity index (χ4v) is 1.31. The molecule has 0 unspecified atom stereocenters. The second kappa shape index (κ2) is 4.74. The third-order valence-corrected chi connectivity index (χ3v) is 2.01. The molecular formula is C8H6ClF3N2O3. The van der Waals surface area contributed by atoms with E-state index in [0.29, 0.717) is 0 Å². The van der Waals surface area contributed by atoms with Gasteiger partial charge in [0.25, 0.3) is 0 Å². The number of hydrogen-bond acceptors (Lipinski definition) is 4. The molecule has 0 aliphatic heterocycles. The molecule has 1 heterocycles. The zero-order valence-corrected chi connectivity index (χ0v) is 9.17. The third kappa shape index (κ3) is 3.45. The van der Waals surface area contributed by atoms with Crippen LogP contribution in [0.2, 0.25) is 0 Å². The molecule has 0 spiro atoms. The van der Waals surface area contributed by atoms with Gasteiger partial charge in [0, 0.05) is 5.56 Å². The van der Waals surface area contributed by atoms with E-state index in [1.165, 1.54) is 13.0 Å². The lowest BCUT2D eigenvalue weighted by Crippen LogP contribution is -2.19. The van der Waals surface area contributed by atoms with Crippen LogP contribution >= 0.6 is 11.6 Å². The van der Waals surface area contributed by atoms with Gasteiger partial charge < -0.3 is 4.74 Å². The minimum atomic E-state index is -5.05. The molecular weight excluding hydrogens is 265 g/mol. The standard InChI is InChI=1S/C8H6ClF3N2O3/c1-4-2-5(3-9)13-7(6(4)14(15)16)17-8(10,11)12/h2H,3H2,1H3. The molecule has 0 saturated heterocycles. The number of aromatic nitrogens is 1. The number of ether oxygens (including phenoxy) is 1. The van der Waals surface area contributed by atoms with Gasteiger partial charge in [-0.2, -0.15) is 0 Å². The van der Waals surface area contributed by atoms with Crippen molar-refractivity contribution in [3.05, 3.63) is 27.4 Å². The van der Waals surface area contributed by atoms with Crippen molar-refractivity contribution in [1.82, 2.24) is 4.98 Å². The molecule has 0 radical (unpaired) electrons. The van der Waals surface area contributed by atoms with Crippen molar-refractivity contribution in [3.63, 3.8) is 0 Å². The van der Waals surface area contributed by atoms with Gasteiger partial charge in [0.1, 0.15) is 0 Å². The molecule has 5 nitrogen and oxygen atoms in total. The van der Waals surface area contributed by atoms with E-state index >= 15 is 0 Å². The molecule has 0 aliphatic rings. The molecule has 0 N–H and O–H groups in total. The molecule has 1 rings (SSSR count). The summed E-state index contributed by atoms with van der Waals surface area (Å²) in [5.74, 6) is -1.27. The Morgan fingerprint density at radius 1 is 1.59 bits per heavy atom. The Kier molecular flexibility index (Phi) is 3.76. The molecule has 0 atom stereocenters. The zero-order chi connectivity index (χ0) is 13.2. The van der Waals surface area contributed by atoms with Crippen LogP contribution in [0, 0.1) is 17.0 Å².